The number of ether oxygens (including phenoxy) is 5. The van der Waals surface area contributed by atoms with Crippen LogP contribution in [0.5, 0.6) is 0 Å². The van der Waals surface area contributed by atoms with E-state index < -0.39 is 0 Å². The van der Waals surface area contributed by atoms with E-state index in [4.69, 9.17) is 33.4 Å². The fourth-order valence-electron chi connectivity index (χ4n) is 5.38. The van der Waals surface area contributed by atoms with Gasteiger partial charge in [0.25, 0.3) is 0 Å². The van der Waals surface area contributed by atoms with Crippen molar-refractivity contribution in [1.82, 2.24) is 45.5 Å². The summed E-state index contributed by atoms with van der Waals surface area (Å²) >= 11 is 3.97. The number of aryl methyl sites for hydroxylation is 2. The number of hydroxylamine groups is 2. The molecule has 1 unspecified atom stereocenters. The average molecular weight is 1230 g/mol. The molecule has 0 spiro atoms. The summed E-state index contributed by atoms with van der Waals surface area (Å²) in [5, 5.41) is 6.12. The van der Waals surface area contributed by atoms with Crippen molar-refractivity contribution in [3.8, 4) is 0 Å². The molecule has 0 saturated carbocycles. The molecule has 0 aliphatic carbocycles. The maximum atomic E-state index is 11.2. The number of benzene rings is 1. The van der Waals surface area contributed by atoms with Crippen LogP contribution in [0.25, 0.3) is 0 Å². The summed E-state index contributed by atoms with van der Waals surface area (Å²) in [6.07, 6.45) is 3.35. The first-order valence-electron chi connectivity index (χ1n) is 27.6. The van der Waals surface area contributed by atoms with Crippen molar-refractivity contribution in [2.45, 2.75) is 222 Å². The molecule has 24 heteroatoms. The Morgan fingerprint density at radius 2 is 1.13 bits per heavy atom. The highest BCUT2D eigenvalue weighted by Gasteiger charge is 2.33. The van der Waals surface area contributed by atoms with E-state index >= 15 is 0 Å². The third-order valence-corrected chi connectivity index (χ3v) is 13.0. The van der Waals surface area contributed by atoms with Gasteiger partial charge in [-0.1, -0.05) is 71.5 Å². The molecule has 0 bridgehead atoms. The van der Waals surface area contributed by atoms with Gasteiger partial charge in [-0.25, -0.2) is 25.9 Å². The molecule has 1 saturated heterocycles. The van der Waals surface area contributed by atoms with Crippen molar-refractivity contribution in [1.29, 1.82) is 0 Å². The lowest BCUT2D eigenvalue weighted by molar-refractivity contribution is -0.122. The molecule has 0 amide bonds. The summed E-state index contributed by atoms with van der Waals surface area (Å²) < 4.78 is 31.0. The predicted molar refractivity (Wildman–Crippen MR) is 340 cm³/mol. The lowest BCUT2D eigenvalue weighted by Crippen LogP contribution is -2.28. The summed E-state index contributed by atoms with van der Waals surface area (Å²) in [4.78, 5) is 66.4. The summed E-state index contributed by atoms with van der Waals surface area (Å²) in [7, 11) is 0. The molecule has 1 atom stereocenters. The number of thioether (sulfide) groups is 2. The van der Waals surface area contributed by atoms with E-state index in [1.54, 1.807) is 0 Å². The Balaban J connectivity index is 0.000000490. The maximum absolute atomic E-state index is 11.2. The molecule has 472 valence electrons. The molecule has 1 fully saturated rings. The Morgan fingerprint density at radius 1 is 0.643 bits per heavy atom. The van der Waals surface area contributed by atoms with Gasteiger partial charge in [0, 0.05) is 39.5 Å². The zero-order chi connectivity index (χ0) is 64.3. The SMILES string of the molecule is C=C1N=C(COC(C)(C)C)NO1.C=C1N=C(COC(C)(C)C)NO1.CC(C)(C)OCC1SC(=O)CC1=O.CC(C)(C)OCc1ncn[nH]1.CC(C)(C)OCc1nsc(=O)[nH]1.Cc1ccccc1SCC(C)(C)C.Cc1nccc(C(C)(C)C)n1. The number of hydrogen-bond acceptors (Lipinski definition) is 22. The van der Waals surface area contributed by atoms with Crippen LogP contribution in [-0.4, -0.2) is 116 Å². The normalized spacial score (nSPS) is 15.2. The number of H-pyrrole nitrogens is 2. The minimum atomic E-state index is -0.272. The third-order valence-electron chi connectivity index (χ3n) is 9.53. The van der Waals surface area contributed by atoms with E-state index in [9.17, 15) is 14.4 Å². The number of carbonyl (C=O) groups excluding carboxylic acids is 2. The Labute approximate surface area is 513 Å². The van der Waals surface area contributed by atoms with E-state index in [0.29, 0.717) is 67.7 Å². The summed E-state index contributed by atoms with van der Waals surface area (Å²) in [5.74, 6) is 5.46. The largest absolute Gasteiger partial charge is 0.374 e. The lowest BCUT2D eigenvalue weighted by atomic mass is 9.92. The molecule has 7 rings (SSSR count). The van der Waals surface area contributed by atoms with Crippen LogP contribution in [0.2, 0.25) is 0 Å². The average Bonchev–Trinajstić information content (AvgIpc) is 4.31. The Morgan fingerprint density at radius 3 is 1.49 bits per heavy atom. The number of aliphatic imine (C=N–C) groups is 2. The molecular formula is C60H99N11O10S3. The molecular weight excluding hydrogens is 1130 g/mol. The van der Waals surface area contributed by atoms with Gasteiger partial charge in [-0.15, -0.1) is 11.8 Å². The van der Waals surface area contributed by atoms with E-state index in [2.05, 4.69) is 141 Å². The molecule has 3 aliphatic rings. The van der Waals surface area contributed by atoms with Gasteiger partial charge in [0.05, 0.1) is 46.3 Å². The molecule has 6 heterocycles. The Bertz CT molecular complexity index is 2680. The number of aromatic nitrogens is 7. The van der Waals surface area contributed by atoms with Crippen LogP contribution >= 0.6 is 35.1 Å². The summed E-state index contributed by atoms with van der Waals surface area (Å²) in [5.41, 5.74) is 7.37. The second-order valence-electron chi connectivity index (χ2n) is 26.3. The number of amidine groups is 2. The first-order chi connectivity index (χ1) is 38.4. The van der Waals surface area contributed by atoms with E-state index in [-0.39, 0.29) is 60.9 Å². The highest BCUT2D eigenvalue weighted by Crippen LogP contribution is 2.29. The van der Waals surface area contributed by atoms with Crippen molar-refractivity contribution >= 4 is 57.6 Å². The summed E-state index contributed by atoms with van der Waals surface area (Å²) in [6.45, 7) is 56.0. The number of nitrogens with one attached hydrogen (secondary N) is 4. The number of rotatable bonds is 12. The topological polar surface area (TPSA) is 261 Å². The quantitative estimate of drug-likeness (QED) is 0.0759. The standard InChI is InChI=1S/C12H18S.C9H14N2.C9H14O3S.2C8H14N2O2.C7H13N3O.C7H12N2O2S/c1-10-7-5-6-8-11(10)13-9-12(2,3)4;1-7-10-6-5-8(11-7)9(2,3)4;1-9(2,3)12-5-7-6(10)4-8(11)13-7;2*1-6-9-7(10-12-6)5-11-8(2,3)4;1-7(2,3)11-4-6-8-5-9-10-6;1-7(2,3)11-4-5-8-6(10)12-9-5/h5-8H,9H2,1-4H3;5-6H,1-4H3;7H,4-5H2,1-3H3;2*1,5H2,2-4H3,(H,9,10);5H,4H2,1-3H3,(H,8,9,10);4H2,1-3H3,(H,8,9,10). The third kappa shape index (κ3) is 40.8. The highest BCUT2D eigenvalue weighted by atomic mass is 32.2. The molecule has 1 aromatic carbocycles. The van der Waals surface area contributed by atoms with Crippen molar-refractivity contribution in [3.63, 3.8) is 0 Å². The first kappa shape index (κ1) is 76.7. The molecule has 3 aliphatic heterocycles. The molecule has 4 N–H and O–H groups in total. The van der Waals surface area contributed by atoms with Gasteiger partial charge >= 0.3 is 4.87 Å². The monoisotopic (exact) mass is 1230 g/mol. The van der Waals surface area contributed by atoms with Gasteiger partial charge in [0.1, 0.15) is 50.2 Å². The van der Waals surface area contributed by atoms with Crippen LogP contribution in [-0.2, 0) is 61.6 Å². The highest BCUT2D eigenvalue weighted by molar-refractivity contribution is 8.15. The number of carbonyl (C=O) groups is 2. The fraction of sp³-hybridized carbons (Fsp3) is 0.633. The van der Waals surface area contributed by atoms with Crippen LogP contribution in [0.15, 0.2) is 87.5 Å². The number of hydrogen-bond donors (Lipinski definition) is 4. The van der Waals surface area contributed by atoms with E-state index in [1.807, 2.05) is 135 Å². The zero-order valence-electron chi connectivity index (χ0n) is 54.4. The Kier molecular flexibility index (Phi) is 32.2. The van der Waals surface area contributed by atoms with Crippen LogP contribution in [0.1, 0.15) is 181 Å². The maximum Gasteiger partial charge on any atom is 0.323 e. The second kappa shape index (κ2) is 35.3. The van der Waals surface area contributed by atoms with Gasteiger partial charge < -0.3 is 33.4 Å². The van der Waals surface area contributed by atoms with Crippen LogP contribution < -0.4 is 15.8 Å². The van der Waals surface area contributed by atoms with Crippen LogP contribution in [0, 0.1) is 19.3 Å². The summed E-state index contributed by atoms with van der Waals surface area (Å²) in [6, 6.07) is 10.5. The molecule has 4 aromatic rings. The number of Topliss-reactive ketones (excluding diaryl/α,β-unsaturated/α-hetero) is 1. The Hall–Kier alpha value is -5.34. The predicted octanol–water partition coefficient (Wildman–Crippen LogP) is 12.3. The van der Waals surface area contributed by atoms with E-state index in [1.165, 1.54) is 22.5 Å². The number of ketones is 1. The molecule has 0 radical (unpaired) electrons. The minimum Gasteiger partial charge on any atom is -0.374 e. The van der Waals surface area contributed by atoms with E-state index in [0.717, 1.165) is 40.6 Å². The van der Waals surface area contributed by atoms with Crippen LogP contribution in [0.4, 0.5) is 0 Å². The van der Waals surface area contributed by atoms with Crippen LogP contribution in [0.3, 0.4) is 0 Å². The van der Waals surface area contributed by atoms with Crippen molar-refractivity contribution in [3.05, 3.63) is 106 Å². The van der Waals surface area contributed by atoms with Gasteiger partial charge in [-0.3, -0.25) is 24.5 Å². The van der Waals surface area contributed by atoms with Crippen molar-refractivity contribution in [2.24, 2.45) is 15.4 Å². The van der Waals surface area contributed by atoms with Gasteiger partial charge in [-0.2, -0.15) is 19.5 Å². The molecule has 84 heavy (non-hydrogen) atoms. The first-order valence-corrected chi connectivity index (χ1v) is 30.2. The second-order valence-corrected chi connectivity index (χ2v) is 29.3. The number of aromatic amines is 2. The lowest BCUT2D eigenvalue weighted by Gasteiger charge is -2.20. The smallest absolute Gasteiger partial charge is 0.323 e. The fourth-order valence-corrected chi connectivity index (χ4v) is 7.78. The number of nitrogens with zero attached hydrogens (tertiary/aromatic N) is 7. The van der Waals surface area contributed by atoms with Gasteiger partial charge in [-0.05, 0) is 154 Å². The van der Waals surface area contributed by atoms with Crippen molar-refractivity contribution < 1.29 is 42.9 Å². The minimum absolute atomic E-state index is 0.000694. The molecule has 3 aromatic heterocycles. The van der Waals surface area contributed by atoms with Gasteiger partial charge in [0.2, 0.25) is 11.8 Å². The van der Waals surface area contributed by atoms with Crippen molar-refractivity contribution in [2.75, 3.05) is 25.6 Å². The molecule has 21 nitrogen and oxygen atoms in total. The zero-order valence-corrected chi connectivity index (χ0v) is 56.9. The van der Waals surface area contributed by atoms with Gasteiger partial charge in [0.15, 0.2) is 22.6 Å².